The van der Waals surface area contributed by atoms with Crippen LogP contribution in [0.3, 0.4) is 0 Å². The molecule has 1 fully saturated rings. The quantitative estimate of drug-likeness (QED) is 0.751. The summed E-state index contributed by atoms with van der Waals surface area (Å²) in [5.41, 5.74) is 5.54. The summed E-state index contributed by atoms with van der Waals surface area (Å²) in [4.78, 5) is 15.1. The SMILES string of the molecule is NC(=O)c1ccc(NCC2(CO)CCCCC2)nc1. The van der Waals surface area contributed by atoms with Gasteiger partial charge < -0.3 is 16.2 Å². The predicted molar refractivity (Wildman–Crippen MR) is 73.8 cm³/mol. The van der Waals surface area contributed by atoms with E-state index in [4.69, 9.17) is 5.73 Å². The molecule has 1 aromatic heterocycles. The number of nitrogens with one attached hydrogen (secondary N) is 1. The molecule has 0 aromatic carbocycles. The number of rotatable bonds is 5. The van der Waals surface area contributed by atoms with Gasteiger partial charge in [0.05, 0.1) is 12.2 Å². The largest absolute Gasteiger partial charge is 0.396 e. The highest BCUT2D eigenvalue weighted by molar-refractivity contribution is 5.92. The molecule has 0 saturated heterocycles. The van der Waals surface area contributed by atoms with Crippen LogP contribution in [-0.4, -0.2) is 29.1 Å². The molecular formula is C14H21N3O2. The van der Waals surface area contributed by atoms with Crippen LogP contribution in [0.5, 0.6) is 0 Å². The van der Waals surface area contributed by atoms with Gasteiger partial charge in [0.2, 0.25) is 5.91 Å². The molecule has 4 N–H and O–H groups in total. The zero-order valence-corrected chi connectivity index (χ0v) is 11.1. The number of carbonyl (C=O) groups is 1. The number of amides is 1. The minimum absolute atomic E-state index is 0.0255. The molecule has 104 valence electrons. The van der Waals surface area contributed by atoms with E-state index in [1.807, 2.05) is 0 Å². The molecule has 0 atom stereocenters. The van der Waals surface area contributed by atoms with E-state index in [1.54, 1.807) is 12.1 Å². The van der Waals surface area contributed by atoms with Crippen LogP contribution in [0.4, 0.5) is 5.82 Å². The second kappa shape index (κ2) is 6.02. The number of aliphatic hydroxyl groups excluding tert-OH is 1. The van der Waals surface area contributed by atoms with E-state index in [2.05, 4.69) is 10.3 Å². The summed E-state index contributed by atoms with van der Waals surface area (Å²) in [5.74, 6) is 0.238. The van der Waals surface area contributed by atoms with Crippen molar-refractivity contribution in [2.45, 2.75) is 32.1 Å². The molecule has 0 radical (unpaired) electrons. The number of aliphatic hydroxyl groups is 1. The highest BCUT2D eigenvalue weighted by Crippen LogP contribution is 2.35. The molecular weight excluding hydrogens is 242 g/mol. The van der Waals surface area contributed by atoms with Gasteiger partial charge >= 0.3 is 0 Å². The molecule has 19 heavy (non-hydrogen) atoms. The number of primary amides is 1. The first-order valence-corrected chi connectivity index (χ1v) is 6.76. The maximum atomic E-state index is 10.9. The Hall–Kier alpha value is -1.62. The van der Waals surface area contributed by atoms with Crippen LogP contribution in [0.1, 0.15) is 42.5 Å². The number of nitrogens with zero attached hydrogens (tertiary/aromatic N) is 1. The third-order valence-electron chi connectivity index (χ3n) is 3.94. The van der Waals surface area contributed by atoms with Crippen molar-refractivity contribution in [1.29, 1.82) is 0 Å². The summed E-state index contributed by atoms with van der Waals surface area (Å²) in [6, 6.07) is 3.40. The van der Waals surface area contributed by atoms with Crippen molar-refractivity contribution in [2.75, 3.05) is 18.5 Å². The van der Waals surface area contributed by atoms with Crippen LogP contribution < -0.4 is 11.1 Å². The van der Waals surface area contributed by atoms with Crippen LogP contribution in [0.2, 0.25) is 0 Å². The Morgan fingerprint density at radius 3 is 2.63 bits per heavy atom. The smallest absolute Gasteiger partial charge is 0.250 e. The lowest BCUT2D eigenvalue weighted by Crippen LogP contribution is -2.35. The number of nitrogens with two attached hydrogens (primary N) is 1. The average Bonchev–Trinajstić information content (AvgIpc) is 2.46. The van der Waals surface area contributed by atoms with Crippen molar-refractivity contribution in [2.24, 2.45) is 11.1 Å². The van der Waals surface area contributed by atoms with Gasteiger partial charge in [-0.3, -0.25) is 4.79 Å². The molecule has 0 bridgehead atoms. The van der Waals surface area contributed by atoms with Gasteiger partial charge in [0.1, 0.15) is 5.82 Å². The molecule has 1 amide bonds. The Balaban J connectivity index is 1.95. The van der Waals surface area contributed by atoms with E-state index in [9.17, 15) is 9.90 Å². The number of pyridine rings is 1. The molecule has 0 spiro atoms. The van der Waals surface area contributed by atoms with Crippen molar-refractivity contribution >= 4 is 11.7 Å². The minimum atomic E-state index is -0.474. The molecule has 0 unspecified atom stereocenters. The number of hydrogen-bond acceptors (Lipinski definition) is 4. The fourth-order valence-corrected chi connectivity index (χ4v) is 2.61. The van der Waals surface area contributed by atoms with E-state index in [-0.39, 0.29) is 12.0 Å². The van der Waals surface area contributed by atoms with E-state index in [1.165, 1.54) is 25.5 Å². The third-order valence-corrected chi connectivity index (χ3v) is 3.94. The first-order chi connectivity index (χ1) is 9.15. The van der Waals surface area contributed by atoms with Gasteiger partial charge in [-0.1, -0.05) is 19.3 Å². The first kappa shape index (κ1) is 13.8. The maximum Gasteiger partial charge on any atom is 0.250 e. The van der Waals surface area contributed by atoms with E-state index >= 15 is 0 Å². The highest BCUT2D eigenvalue weighted by Gasteiger charge is 2.31. The molecule has 2 rings (SSSR count). The number of hydrogen-bond donors (Lipinski definition) is 3. The topological polar surface area (TPSA) is 88.2 Å². The Morgan fingerprint density at radius 1 is 1.37 bits per heavy atom. The Kier molecular flexibility index (Phi) is 4.37. The zero-order valence-electron chi connectivity index (χ0n) is 11.1. The minimum Gasteiger partial charge on any atom is -0.396 e. The Labute approximate surface area is 113 Å². The van der Waals surface area contributed by atoms with E-state index in [0.717, 1.165) is 12.8 Å². The van der Waals surface area contributed by atoms with Crippen molar-refractivity contribution < 1.29 is 9.90 Å². The Morgan fingerprint density at radius 2 is 2.11 bits per heavy atom. The summed E-state index contributed by atoms with van der Waals surface area (Å²) in [7, 11) is 0. The summed E-state index contributed by atoms with van der Waals surface area (Å²) >= 11 is 0. The van der Waals surface area contributed by atoms with Crippen LogP contribution in [0, 0.1) is 5.41 Å². The van der Waals surface area contributed by atoms with Crippen molar-refractivity contribution in [3.63, 3.8) is 0 Å². The molecule has 5 nitrogen and oxygen atoms in total. The maximum absolute atomic E-state index is 10.9. The average molecular weight is 263 g/mol. The molecule has 5 heteroatoms. The standard InChI is InChI=1S/C14H21N3O2/c15-13(19)11-4-5-12(16-8-11)17-9-14(10-18)6-2-1-3-7-14/h4-5,8,18H,1-3,6-7,9-10H2,(H2,15,19)(H,16,17). The number of anilines is 1. The normalized spacial score (nSPS) is 17.9. The van der Waals surface area contributed by atoms with Gasteiger partial charge in [-0.15, -0.1) is 0 Å². The molecule has 0 aliphatic heterocycles. The number of carbonyl (C=O) groups excluding carboxylic acids is 1. The van der Waals surface area contributed by atoms with Crippen molar-refractivity contribution in [1.82, 2.24) is 4.98 Å². The van der Waals surface area contributed by atoms with Gasteiger partial charge in [0.15, 0.2) is 0 Å². The highest BCUT2D eigenvalue weighted by atomic mass is 16.3. The van der Waals surface area contributed by atoms with Gasteiger partial charge in [-0.2, -0.15) is 0 Å². The molecule has 1 heterocycles. The summed E-state index contributed by atoms with van der Waals surface area (Å²) in [6.45, 7) is 0.922. The van der Waals surface area contributed by atoms with Crippen molar-refractivity contribution in [3.05, 3.63) is 23.9 Å². The summed E-state index contributed by atoms with van der Waals surface area (Å²) in [5, 5.41) is 12.9. The van der Waals surface area contributed by atoms with Gasteiger partial charge in [-0.25, -0.2) is 4.98 Å². The zero-order chi connectivity index (χ0) is 13.7. The third kappa shape index (κ3) is 3.44. The van der Waals surface area contributed by atoms with E-state index < -0.39 is 5.91 Å². The van der Waals surface area contributed by atoms with Crippen LogP contribution >= 0.6 is 0 Å². The van der Waals surface area contributed by atoms with Crippen LogP contribution in [0.15, 0.2) is 18.3 Å². The second-order valence-corrected chi connectivity index (χ2v) is 5.37. The van der Waals surface area contributed by atoms with Gasteiger partial charge in [0, 0.05) is 18.2 Å². The van der Waals surface area contributed by atoms with Crippen molar-refractivity contribution in [3.8, 4) is 0 Å². The molecule has 1 aliphatic rings. The summed E-state index contributed by atoms with van der Waals surface area (Å²) < 4.78 is 0. The van der Waals surface area contributed by atoms with Gasteiger partial charge in [0.25, 0.3) is 0 Å². The second-order valence-electron chi connectivity index (χ2n) is 5.37. The molecule has 1 saturated carbocycles. The van der Waals surface area contributed by atoms with Crippen LogP contribution in [0.25, 0.3) is 0 Å². The molecule has 1 aromatic rings. The fourth-order valence-electron chi connectivity index (χ4n) is 2.61. The van der Waals surface area contributed by atoms with E-state index in [0.29, 0.717) is 17.9 Å². The van der Waals surface area contributed by atoms with Gasteiger partial charge in [-0.05, 0) is 25.0 Å². The lowest BCUT2D eigenvalue weighted by Gasteiger charge is -2.35. The lowest BCUT2D eigenvalue weighted by atomic mass is 9.74. The molecule has 1 aliphatic carbocycles. The predicted octanol–water partition coefficient (Wildman–Crippen LogP) is 1.54. The lowest BCUT2D eigenvalue weighted by molar-refractivity contribution is 0.0943. The summed E-state index contributed by atoms with van der Waals surface area (Å²) in [6.07, 6.45) is 7.18. The first-order valence-electron chi connectivity index (χ1n) is 6.76. The van der Waals surface area contributed by atoms with Crippen LogP contribution in [-0.2, 0) is 0 Å². The number of aromatic nitrogens is 1. The fraction of sp³-hybridized carbons (Fsp3) is 0.571. The Bertz CT molecular complexity index is 425. The monoisotopic (exact) mass is 263 g/mol.